The molecule has 5 nitrogen and oxygen atoms in total. The topological polar surface area (TPSA) is 36.0 Å². The smallest absolute Gasteiger partial charge is 0.241 e. The highest BCUT2D eigenvalue weighted by Crippen LogP contribution is 2.14. The second-order valence-corrected chi connectivity index (χ2v) is 6.91. The molecule has 0 aliphatic carbocycles. The number of amides is 1. The van der Waals surface area contributed by atoms with Gasteiger partial charge in [0.1, 0.15) is 12.4 Å². The molecule has 0 unspecified atom stereocenters. The quantitative estimate of drug-likeness (QED) is 0.628. The van der Waals surface area contributed by atoms with Crippen LogP contribution in [0.1, 0.15) is 0 Å². The lowest BCUT2D eigenvalue weighted by Gasteiger charge is -2.35. The van der Waals surface area contributed by atoms with E-state index >= 15 is 0 Å². The molecule has 3 rings (SSSR count). The average Bonchev–Trinajstić information content (AvgIpc) is 2.74. The maximum atomic E-state index is 12.8. The van der Waals surface area contributed by atoms with Crippen LogP contribution >= 0.6 is 0 Å². The minimum Gasteiger partial charge on any atom is -0.492 e. The van der Waals surface area contributed by atoms with Crippen molar-refractivity contribution in [3.05, 3.63) is 73.3 Å². The van der Waals surface area contributed by atoms with Crippen molar-refractivity contribution in [1.82, 2.24) is 9.80 Å². The second-order valence-electron chi connectivity index (χ2n) is 6.91. The Morgan fingerprint density at radius 2 is 1.57 bits per heavy atom. The van der Waals surface area contributed by atoms with E-state index in [-0.39, 0.29) is 5.91 Å². The highest BCUT2D eigenvalue weighted by Gasteiger charge is 2.22. The molecule has 5 heteroatoms. The van der Waals surface area contributed by atoms with Gasteiger partial charge in [-0.1, -0.05) is 42.5 Å². The molecule has 0 aromatic heterocycles. The van der Waals surface area contributed by atoms with Crippen LogP contribution in [-0.2, 0) is 4.79 Å². The SMILES string of the molecule is C=CCN(C(=O)CN1CCN(CCOc2ccccc2)CC1)c1ccccc1. The third-order valence-electron chi connectivity index (χ3n) is 4.92. The van der Waals surface area contributed by atoms with Gasteiger partial charge in [-0.3, -0.25) is 14.6 Å². The first-order valence-corrected chi connectivity index (χ1v) is 9.85. The number of rotatable bonds is 9. The Labute approximate surface area is 167 Å². The molecular formula is C23H29N3O2. The predicted octanol–water partition coefficient (Wildman–Crippen LogP) is 2.90. The standard InChI is InChI=1S/C23H29N3O2/c1-2-13-26(21-9-5-3-6-10-21)23(27)20-25-16-14-24(15-17-25)18-19-28-22-11-7-4-8-12-22/h2-12H,1,13-20H2. The lowest BCUT2D eigenvalue weighted by Crippen LogP contribution is -2.50. The van der Waals surface area contributed by atoms with E-state index in [4.69, 9.17) is 4.74 Å². The summed E-state index contributed by atoms with van der Waals surface area (Å²) in [4.78, 5) is 19.2. The number of anilines is 1. The fraction of sp³-hybridized carbons (Fsp3) is 0.348. The molecule has 1 aliphatic rings. The van der Waals surface area contributed by atoms with Gasteiger partial charge in [0.05, 0.1) is 6.54 Å². The molecule has 0 spiro atoms. The summed E-state index contributed by atoms with van der Waals surface area (Å²) in [5, 5.41) is 0. The van der Waals surface area contributed by atoms with Crippen LogP contribution in [0.2, 0.25) is 0 Å². The summed E-state index contributed by atoms with van der Waals surface area (Å²) in [5.41, 5.74) is 0.920. The summed E-state index contributed by atoms with van der Waals surface area (Å²) in [6, 6.07) is 19.7. The molecule has 0 N–H and O–H groups in total. The van der Waals surface area contributed by atoms with Crippen LogP contribution in [0.5, 0.6) is 5.75 Å². The van der Waals surface area contributed by atoms with Crippen molar-refractivity contribution < 1.29 is 9.53 Å². The minimum absolute atomic E-state index is 0.118. The van der Waals surface area contributed by atoms with Gasteiger partial charge in [-0.2, -0.15) is 0 Å². The van der Waals surface area contributed by atoms with Crippen LogP contribution in [0.25, 0.3) is 0 Å². The van der Waals surface area contributed by atoms with Crippen molar-refractivity contribution in [2.45, 2.75) is 0 Å². The number of para-hydroxylation sites is 2. The normalized spacial score (nSPS) is 15.1. The van der Waals surface area contributed by atoms with E-state index in [1.54, 1.807) is 11.0 Å². The minimum atomic E-state index is 0.118. The zero-order chi connectivity index (χ0) is 19.6. The summed E-state index contributed by atoms with van der Waals surface area (Å²) in [6.45, 7) is 10.1. The van der Waals surface area contributed by atoms with Crippen LogP contribution in [0.4, 0.5) is 5.69 Å². The number of carbonyl (C=O) groups is 1. The first kappa shape index (κ1) is 20.1. The highest BCUT2D eigenvalue weighted by atomic mass is 16.5. The number of piperazine rings is 1. The molecule has 2 aromatic rings. The van der Waals surface area contributed by atoms with Crippen molar-refractivity contribution >= 4 is 11.6 Å². The predicted molar refractivity (Wildman–Crippen MR) is 114 cm³/mol. The van der Waals surface area contributed by atoms with Gasteiger partial charge in [0, 0.05) is 45.0 Å². The van der Waals surface area contributed by atoms with Crippen LogP contribution < -0.4 is 9.64 Å². The van der Waals surface area contributed by atoms with Crippen LogP contribution in [0.15, 0.2) is 73.3 Å². The third kappa shape index (κ3) is 5.94. The van der Waals surface area contributed by atoms with Crippen LogP contribution in [0.3, 0.4) is 0 Å². The molecule has 0 saturated carbocycles. The monoisotopic (exact) mass is 379 g/mol. The lowest BCUT2D eigenvalue weighted by atomic mass is 10.2. The van der Waals surface area contributed by atoms with Gasteiger partial charge in [0.25, 0.3) is 0 Å². The zero-order valence-corrected chi connectivity index (χ0v) is 16.4. The molecule has 1 fully saturated rings. The fourth-order valence-corrected chi connectivity index (χ4v) is 3.35. The Hall–Kier alpha value is -2.63. The van der Waals surface area contributed by atoms with Crippen LogP contribution in [-0.4, -0.2) is 68.1 Å². The number of benzene rings is 2. The third-order valence-corrected chi connectivity index (χ3v) is 4.92. The number of carbonyl (C=O) groups excluding carboxylic acids is 1. The van der Waals surface area contributed by atoms with E-state index < -0.39 is 0 Å². The molecule has 2 aromatic carbocycles. The van der Waals surface area contributed by atoms with E-state index in [9.17, 15) is 4.79 Å². The first-order valence-electron chi connectivity index (χ1n) is 9.85. The van der Waals surface area contributed by atoms with E-state index in [2.05, 4.69) is 16.4 Å². The molecule has 0 radical (unpaired) electrons. The number of hydrogen-bond acceptors (Lipinski definition) is 4. The summed E-state index contributed by atoms with van der Waals surface area (Å²) >= 11 is 0. The zero-order valence-electron chi connectivity index (χ0n) is 16.4. The molecule has 1 aliphatic heterocycles. The van der Waals surface area contributed by atoms with Gasteiger partial charge in [-0.25, -0.2) is 0 Å². The Balaban J connectivity index is 1.41. The maximum absolute atomic E-state index is 12.8. The fourth-order valence-electron chi connectivity index (χ4n) is 3.35. The average molecular weight is 380 g/mol. The molecule has 1 heterocycles. The van der Waals surface area contributed by atoms with Gasteiger partial charge in [0.2, 0.25) is 5.91 Å². The van der Waals surface area contributed by atoms with E-state index in [0.717, 1.165) is 44.2 Å². The summed E-state index contributed by atoms with van der Waals surface area (Å²) in [7, 11) is 0. The molecule has 0 atom stereocenters. The Kier molecular flexibility index (Phi) is 7.64. The molecule has 148 valence electrons. The molecule has 1 saturated heterocycles. The summed E-state index contributed by atoms with van der Waals surface area (Å²) in [5.74, 6) is 1.03. The van der Waals surface area contributed by atoms with Crippen LogP contribution in [0, 0.1) is 0 Å². The van der Waals surface area contributed by atoms with Gasteiger partial charge >= 0.3 is 0 Å². The van der Waals surface area contributed by atoms with E-state index in [0.29, 0.717) is 19.7 Å². The number of hydrogen-bond donors (Lipinski definition) is 0. The van der Waals surface area contributed by atoms with Crippen molar-refractivity contribution in [2.24, 2.45) is 0 Å². The van der Waals surface area contributed by atoms with Crippen molar-refractivity contribution in [3.63, 3.8) is 0 Å². The van der Waals surface area contributed by atoms with E-state index in [1.165, 1.54) is 0 Å². The molecular weight excluding hydrogens is 350 g/mol. The van der Waals surface area contributed by atoms with Gasteiger partial charge in [0.15, 0.2) is 0 Å². The van der Waals surface area contributed by atoms with Gasteiger partial charge < -0.3 is 9.64 Å². The Morgan fingerprint density at radius 3 is 2.21 bits per heavy atom. The second kappa shape index (κ2) is 10.6. The summed E-state index contributed by atoms with van der Waals surface area (Å²) < 4.78 is 5.78. The molecule has 0 bridgehead atoms. The molecule has 28 heavy (non-hydrogen) atoms. The first-order chi connectivity index (χ1) is 13.8. The van der Waals surface area contributed by atoms with Crippen molar-refractivity contribution in [3.8, 4) is 5.75 Å². The molecule has 1 amide bonds. The number of nitrogens with zero attached hydrogens (tertiary/aromatic N) is 3. The maximum Gasteiger partial charge on any atom is 0.241 e. The number of ether oxygens (including phenoxy) is 1. The summed E-state index contributed by atoms with van der Waals surface area (Å²) in [6.07, 6.45) is 1.77. The Morgan fingerprint density at radius 1 is 0.964 bits per heavy atom. The van der Waals surface area contributed by atoms with Gasteiger partial charge in [-0.05, 0) is 24.3 Å². The van der Waals surface area contributed by atoms with E-state index in [1.807, 2.05) is 60.7 Å². The van der Waals surface area contributed by atoms with Gasteiger partial charge in [-0.15, -0.1) is 6.58 Å². The Bertz CT molecular complexity index is 728. The van der Waals surface area contributed by atoms with Crippen molar-refractivity contribution in [1.29, 1.82) is 0 Å². The largest absolute Gasteiger partial charge is 0.492 e. The highest BCUT2D eigenvalue weighted by molar-refractivity contribution is 5.95. The van der Waals surface area contributed by atoms with Crippen molar-refractivity contribution in [2.75, 3.05) is 57.3 Å². The lowest BCUT2D eigenvalue weighted by molar-refractivity contribution is -0.120.